The molecule has 0 N–H and O–H groups in total. The number of thioether (sulfide) groups is 1. The van der Waals surface area contributed by atoms with Crippen molar-refractivity contribution < 1.29 is 13.6 Å². The highest BCUT2D eigenvalue weighted by Gasteiger charge is 2.24. The first-order valence-corrected chi connectivity index (χ1v) is 15.6. The maximum atomic E-state index is 14.2. The molecule has 11 heteroatoms. The first kappa shape index (κ1) is 29.2. The number of rotatable bonds is 7. The average molecular weight is 621 g/mol. The van der Waals surface area contributed by atoms with E-state index in [4.69, 9.17) is 16.6 Å². The molecule has 3 aromatic carbocycles. The van der Waals surface area contributed by atoms with E-state index in [1.807, 2.05) is 51.1 Å². The smallest absolute Gasteiger partial charge is 0.253 e. The Hall–Kier alpha value is -3.89. The number of hydrogen-bond acceptors (Lipinski definition) is 7. The summed E-state index contributed by atoms with van der Waals surface area (Å²) in [5.74, 6) is 0.902. The van der Waals surface area contributed by atoms with Gasteiger partial charge in [0, 0.05) is 69.7 Å². The normalized spacial score (nSPS) is 15.6. The van der Waals surface area contributed by atoms with Gasteiger partial charge >= 0.3 is 0 Å². The fraction of sp³-hybridized carbons (Fsp3) is 0.281. The molecule has 2 aliphatic rings. The summed E-state index contributed by atoms with van der Waals surface area (Å²) in [5, 5.41) is 0.951. The van der Waals surface area contributed by atoms with Crippen LogP contribution in [0.25, 0.3) is 0 Å². The summed E-state index contributed by atoms with van der Waals surface area (Å²) in [5.41, 5.74) is 2.86. The number of hydrogen-bond donors (Lipinski definition) is 0. The van der Waals surface area contributed by atoms with Gasteiger partial charge in [-0.3, -0.25) is 4.79 Å². The molecule has 0 unspecified atom stereocenters. The third-order valence-corrected chi connectivity index (χ3v) is 8.90. The largest absolute Gasteiger partial charge is 0.366 e. The highest BCUT2D eigenvalue weighted by atomic mass is 35.5. The van der Waals surface area contributed by atoms with Crippen LogP contribution in [-0.4, -0.2) is 73.1 Å². The van der Waals surface area contributed by atoms with Crippen LogP contribution in [0.3, 0.4) is 0 Å². The molecule has 0 saturated carbocycles. The van der Waals surface area contributed by atoms with Gasteiger partial charge in [0.2, 0.25) is 0 Å². The molecule has 7 nitrogen and oxygen atoms in total. The van der Waals surface area contributed by atoms with Gasteiger partial charge in [-0.15, -0.1) is 0 Å². The van der Waals surface area contributed by atoms with Gasteiger partial charge in [-0.2, -0.15) is 0 Å². The summed E-state index contributed by atoms with van der Waals surface area (Å²) in [6, 6.07) is 22.9. The van der Waals surface area contributed by atoms with Crippen LogP contribution in [0, 0.1) is 11.6 Å². The van der Waals surface area contributed by atoms with Crippen molar-refractivity contribution >= 4 is 46.5 Å². The van der Waals surface area contributed by atoms with Crippen LogP contribution in [0.1, 0.15) is 15.9 Å². The maximum Gasteiger partial charge on any atom is 0.253 e. The summed E-state index contributed by atoms with van der Waals surface area (Å²) < 4.78 is 28.4. The van der Waals surface area contributed by atoms with Crippen LogP contribution in [0.5, 0.6) is 0 Å². The van der Waals surface area contributed by atoms with Gasteiger partial charge in [0.05, 0.1) is 11.4 Å². The number of amides is 1. The summed E-state index contributed by atoms with van der Waals surface area (Å²) >= 11 is 7.84. The van der Waals surface area contributed by atoms with Gasteiger partial charge in [-0.25, -0.2) is 18.7 Å². The quantitative estimate of drug-likeness (QED) is 0.143. The van der Waals surface area contributed by atoms with E-state index in [0.717, 1.165) is 11.4 Å². The number of piperazine rings is 2. The molecule has 6 rings (SSSR count). The molecule has 0 radical (unpaired) electrons. The lowest BCUT2D eigenvalue weighted by Gasteiger charge is -2.36. The Morgan fingerprint density at radius 3 is 1.84 bits per heavy atom. The molecule has 1 aromatic heterocycles. The molecule has 0 atom stereocenters. The molecule has 0 spiro atoms. The van der Waals surface area contributed by atoms with E-state index in [0.29, 0.717) is 85.4 Å². The van der Waals surface area contributed by atoms with Crippen LogP contribution < -0.4 is 14.7 Å². The molecular formula is C32H31ClF2N6OS. The second-order valence-electron chi connectivity index (χ2n) is 10.5. The zero-order valence-electron chi connectivity index (χ0n) is 23.5. The first-order chi connectivity index (χ1) is 20.9. The van der Waals surface area contributed by atoms with Gasteiger partial charge in [-0.05, 0) is 42.0 Å². The second kappa shape index (κ2) is 13.2. The maximum absolute atomic E-state index is 14.2. The van der Waals surface area contributed by atoms with Crippen molar-refractivity contribution in [2.45, 2.75) is 10.9 Å². The number of carbonyl (C=O) groups excluding carboxylic acids is 1. The van der Waals surface area contributed by atoms with E-state index in [1.54, 1.807) is 30.3 Å². The Kier molecular flexibility index (Phi) is 8.95. The molecular weight excluding hydrogens is 590 g/mol. The number of benzene rings is 3. The summed E-state index contributed by atoms with van der Waals surface area (Å²) in [6.45, 7) is 5.00. The Morgan fingerprint density at radius 1 is 0.721 bits per heavy atom. The van der Waals surface area contributed by atoms with Gasteiger partial charge in [0.1, 0.15) is 22.6 Å². The number of para-hydroxylation sites is 2. The predicted octanol–water partition coefficient (Wildman–Crippen LogP) is 5.99. The Bertz CT molecular complexity index is 1580. The molecule has 43 heavy (non-hydrogen) atoms. The average Bonchev–Trinajstić information content (AvgIpc) is 3.04. The van der Waals surface area contributed by atoms with Crippen molar-refractivity contribution in [1.29, 1.82) is 0 Å². The number of carbonyl (C=O) groups is 1. The Morgan fingerprint density at radius 2 is 1.26 bits per heavy atom. The lowest BCUT2D eigenvalue weighted by atomic mass is 10.1. The summed E-state index contributed by atoms with van der Waals surface area (Å²) in [7, 11) is 0. The first-order valence-electron chi connectivity index (χ1n) is 14.2. The Labute approximate surface area is 259 Å². The number of anilines is 3. The number of nitrogens with zero attached hydrogens (tertiary/aromatic N) is 6. The second-order valence-corrected chi connectivity index (χ2v) is 11.8. The van der Waals surface area contributed by atoms with Crippen LogP contribution in [0.2, 0.25) is 5.15 Å². The molecule has 1 amide bonds. The molecule has 2 saturated heterocycles. The van der Waals surface area contributed by atoms with Crippen LogP contribution in [0.15, 0.2) is 84.0 Å². The molecule has 0 aliphatic carbocycles. The molecule has 3 heterocycles. The van der Waals surface area contributed by atoms with Crippen molar-refractivity contribution in [3.8, 4) is 0 Å². The van der Waals surface area contributed by atoms with Crippen LogP contribution in [0.4, 0.5) is 26.0 Å². The highest BCUT2D eigenvalue weighted by molar-refractivity contribution is 7.98. The molecule has 2 fully saturated rings. The van der Waals surface area contributed by atoms with Gasteiger partial charge in [0.15, 0.2) is 5.16 Å². The van der Waals surface area contributed by atoms with E-state index in [2.05, 4.69) is 9.88 Å². The van der Waals surface area contributed by atoms with E-state index in [-0.39, 0.29) is 17.5 Å². The third-order valence-electron chi connectivity index (χ3n) is 7.79. The zero-order valence-corrected chi connectivity index (χ0v) is 25.1. The Balaban J connectivity index is 1.02. The number of halogens is 3. The highest BCUT2D eigenvalue weighted by Crippen LogP contribution is 2.27. The molecule has 0 bridgehead atoms. The van der Waals surface area contributed by atoms with Crippen molar-refractivity contribution in [3.05, 3.63) is 107 Å². The predicted molar refractivity (Wildman–Crippen MR) is 168 cm³/mol. The van der Waals surface area contributed by atoms with Gasteiger partial charge in [-0.1, -0.05) is 59.8 Å². The van der Waals surface area contributed by atoms with E-state index < -0.39 is 0 Å². The molecule has 222 valence electrons. The lowest BCUT2D eigenvalue weighted by molar-refractivity contribution is 0.0746. The third kappa shape index (κ3) is 6.86. The standard InChI is InChI=1S/C32H31ClF2N6OS/c33-29-21-30(40-17-13-38(14-18-40)27-7-3-1-5-25(27)34)37-32(36-29)43-22-23-9-11-24(12-10-23)31(42)41-19-15-39(16-20-41)28-8-4-2-6-26(28)35/h1-12,21H,13-20,22H2. The van der Waals surface area contributed by atoms with Crippen LogP contribution >= 0.6 is 23.4 Å². The summed E-state index contributed by atoms with van der Waals surface area (Å²) in [6.07, 6.45) is 0. The van der Waals surface area contributed by atoms with E-state index in [9.17, 15) is 13.6 Å². The molecule has 4 aromatic rings. The topological polar surface area (TPSA) is 55.8 Å². The zero-order chi connectivity index (χ0) is 29.8. The van der Waals surface area contributed by atoms with Crippen molar-refractivity contribution in [3.63, 3.8) is 0 Å². The minimum Gasteiger partial charge on any atom is -0.366 e. The van der Waals surface area contributed by atoms with Gasteiger partial charge < -0.3 is 19.6 Å². The fourth-order valence-electron chi connectivity index (χ4n) is 5.43. The van der Waals surface area contributed by atoms with Crippen molar-refractivity contribution in [2.24, 2.45) is 0 Å². The SMILES string of the molecule is O=C(c1ccc(CSc2nc(Cl)cc(N3CCN(c4ccccc4F)CC3)n2)cc1)N1CCN(c2ccccc2F)CC1. The molecule has 2 aliphatic heterocycles. The number of aromatic nitrogens is 2. The monoisotopic (exact) mass is 620 g/mol. The van der Waals surface area contributed by atoms with Crippen molar-refractivity contribution in [2.75, 3.05) is 67.1 Å². The van der Waals surface area contributed by atoms with Crippen LogP contribution in [-0.2, 0) is 5.75 Å². The van der Waals surface area contributed by atoms with E-state index >= 15 is 0 Å². The minimum atomic E-state index is -0.241. The summed E-state index contributed by atoms with van der Waals surface area (Å²) in [4.78, 5) is 30.2. The fourth-order valence-corrected chi connectivity index (χ4v) is 6.47. The van der Waals surface area contributed by atoms with Crippen molar-refractivity contribution in [1.82, 2.24) is 14.9 Å². The lowest BCUT2D eigenvalue weighted by Crippen LogP contribution is -2.49. The minimum absolute atomic E-state index is 0.0229. The van der Waals surface area contributed by atoms with E-state index in [1.165, 1.54) is 23.9 Å². The van der Waals surface area contributed by atoms with Gasteiger partial charge in [0.25, 0.3) is 5.91 Å².